The van der Waals surface area contributed by atoms with Crippen molar-refractivity contribution in [2.24, 2.45) is 0 Å². The van der Waals surface area contributed by atoms with Gasteiger partial charge in [0.2, 0.25) is 0 Å². The van der Waals surface area contributed by atoms with Crippen molar-refractivity contribution in [1.29, 1.82) is 0 Å². The van der Waals surface area contributed by atoms with Gasteiger partial charge in [0, 0.05) is 17.8 Å². The summed E-state index contributed by atoms with van der Waals surface area (Å²) in [6.45, 7) is -0.473. The van der Waals surface area contributed by atoms with Crippen molar-refractivity contribution in [3.63, 3.8) is 0 Å². The molecule has 180 valence electrons. The number of hydrogen-bond acceptors (Lipinski definition) is 4. The van der Waals surface area contributed by atoms with E-state index in [4.69, 9.17) is 4.74 Å². The van der Waals surface area contributed by atoms with Crippen LogP contribution in [0.15, 0.2) is 48.5 Å². The fourth-order valence-electron chi connectivity index (χ4n) is 3.89. The first-order valence-electron chi connectivity index (χ1n) is 10.9. The highest BCUT2D eigenvalue weighted by Gasteiger charge is 2.30. The highest BCUT2D eigenvalue weighted by atomic mass is 19.4. The molecule has 1 amide bonds. The molecular formula is C24H23F4N3O3. The first-order chi connectivity index (χ1) is 16.2. The summed E-state index contributed by atoms with van der Waals surface area (Å²) in [6, 6.07) is 10.2. The van der Waals surface area contributed by atoms with E-state index in [0.717, 1.165) is 42.7 Å². The van der Waals surface area contributed by atoms with E-state index >= 15 is 0 Å². The van der Waals surface area contributed by atoms with Crippen molar-refractivity contribution in [2.45, 2.75) is 38.0 Å². The molecule has 10 heteroatoms. The number of carbonyl (C=O) groups excluding carboxylic acids is 1. The minimum atomic E-state index is -4.50. The molecule has 0 fully saturated rings. The lowest BCUT2D eigenvalue weighted by molar-refractivity contribution is -0.137. The quantitative estimate of drug-likeness (QED) is 0.503. The van der Waals surface area contributed by atoms with Gasteiger partial charge in [-0.05, 0) is 68.1 Å². The van der Waals surface area contributed by atoms with E-state index in [1.165, 1.54) is 24.3 Å². The summed E-state index contributed by atoms with van der Waals surface area (Å²) >= 11 is 0. The maximum Gasteiger partial charge on any atom is 0.416 e. The number of rotatable bonds is 7. The maximum absolute atomic E-state index is 13.3. The molecular weight excluding hydrogens is 454 g/mol. The number of nitrogens with zero attached hydrogens (tertiary/aromatic N) is 2. The molecule has 1 unspecified atom stereocenters. The van der Waals surface area contributed by atoms with Crippen LogP contribution in [-0.2, 0) is 19.0 Å². The van der Waals surface area contributed by atoms with Crippen molar-refractivity contribution < 1.29 is 32.2 Å². The average molecular weight is 477 g/mol. The van der Waals surface area contributed by atoms with Gasteiger partial charge in [-0.15, -0.1) is 0 Å². The second-order valence-electron chi connectivity index (χ2n) is 8.07. The van der Waals surface area contributed by atoms with Gasteiger partial charge in [-0.3, -0.25) is 4.79 Å². The number of amides is 1. The third-order valence-corrected chi connectivity index (χ3v) is 5.57. The molecule has 1 aliphatic rings. The Morgan fingerprint density at radius 1 is 1.15 bits per heavy atom. The lowest BCUT2D eigenvalue weighted by atomic mass is 9.95. The fourth-order valence-corrected chi connectivity index (χ4v) is 3.89. The molecule has 6 nitrogen and oxygen atoms in total. The van der Waals surface area contributed by atoms with Gasteiger partial charge in [-0.25, -0.2) is 9.07 Å². The van der Waals surface area contributed by atoms with Crippen molar-refractivity contribution >= 4 is 5.91 Å². The van der Waals surface area contributed by atoms with Gasteiger partial charge >= 0.3 is 6.18 Å². The average Bonchev–Trinajstić information content (AvgIpc) is 3.21. The van der Waals surface area contributed by atoms with Crippen LogP contribution in [0.1, 0.15) is 40.2 Å². The van der Waals surface area contributed by atoms with Crippen LogP contribution in [-0.4, -0.2) is 40.0 Å². The van der Waals surface area contributed by atoms with Gasteiger partial charge in [-0.1, -0.05) is 6.07 Å². The van der Waals surface area contributed by atoms with Gasteiger partial charge in [0.1, 0.15) is 24.3 Å². The molecule has 1 heterocycles. The molecule has 0 aliphatic heterocycles. The molecule has 0 saturated carbocycles. The van der Waals surface area contributed by atoms with Crippen LogP contribution in [0, 0.1) is 5.82 Å². The Labute approximate surface area is 193 Å². The van der Waals surface area contributed by atoms with Gasteiger partial charge in [-0.2, -0.15) is 18.3 Å². The molecule has 0 bridgehead atoms. The van der Waals surface area contributed by atoms with Gasteiger partial charge in [0.05, 0.1) is 11.3 Å². The summed E-state index contributed by atoms with van der Waals surface area (Å²) in [5.41, 5.74) is 1.76. The molecule has 1 aromatic heterocycles. The van der Waals surface area contributed by atoms with Crippen molar-refractivity contribution in [1.82, 2.24) is 15.1 Å². The summed E-state index contributed by atoms with van der Waals surface area (Å²) in [5, 5.41) is 17.2. The number of hydrogen-bond donors (Lipinski definition) is 2. The van der Waals surface area contributed by atoms with E-state index in [1.54, 1.807) is 16.8 Å². The van der Waals surface area contributed by atoms with Crippen LogP contribution < -0.4 is 10.1 Å². The number of alkyl halides is 3. The Bertz CT molecular complexity index is 1160. The Balaban J connectivity index is 1.40. The molecule has 0 spiro atoms. The molecule has 2 aromatic carbocycles. The normalized spacial score (nSPS) is 14.4. The third kappa shape index (κ3) is 5.39. The van der Waals surface area contributed by atoms with Crippen LogP contribution in [0.3, 0.4) is 0 Å². The zero-order valence-corrected chi connectivity index (χ0v) is 18.1. The number of benzene rings is 2. The van der Waals surface area contributed by atoms with Crippen LogP contribution in [0.25, 0.3) is 5.69 Å². The summed E-state index contributed by atoms with van der Waals surface area (Å²) in [7, 11) is 0. The lowest BCUT2D eigenvalue weighted by Crippen LogP contribution is -2.36. The van der Waals surface area contributed by atoms with E-state index in [9.17, 15) is 27.5 Å². The van der Waals surface area contributed by atoms with E-state index in [1.807, 2.05) is 0 Å². The van der Waals surface area contributed by atoms with E-state index < -0.39 is 23.8 Å². The number of ether oxygens (including phenoxy) is 1. The molecule has 34 heavy (non-hydrogen) atoms. The van der Waals surface area contributed by atoms with Gasteiger partial charge in [0.15, 0.2) is 5.69 Å². The first kappa shape index (κ1) is 23.7. The molecule has 2 N–H and O–H groups in total. The third-order valence-electron chi connectivity index (χ3n) is 5.57. The Morgan fingerprint density at radius 2 is 1.88 bits per heavy atom. The summed E-state index contributed by atoms with van der Waals surface area (Å²) in [5.74, 6) is -0.881. The number of aromatic nitrogens is 2. The van der Waals surface area contributed by atoms with Crippen molar-refractivity contribution in [3.05, 3.63) is 76.9 Å². The lowest BCUT2D eigenvalue weighted by Gasteiger charge is -2.15. The molecule has 4 rings (SSSR count). The summed E-state index contributed by atoms with van der Waals surface area (Å²) < 4.78 is 58.6. The molecule has 0 radical (unpaired) electrons. The summed E-state index contributed by atoms with van der Waals surface area (Å²) in [6.07, 6.45) is -2.36. The maximum atomic E-state index is 13.3. The van der Waals surface area contributed by atoms with Crippen LogP contribution >= 0.6 is 0 Å². The molecule has 1 atom stereocenters. The number of halogens is 4. The van der Waals surface area contributed by atoms with Crippen LogP contribution in [0.2, 0.25) is 0 Å². The zero-order valence-electron chi connectivity index (χ0n) is 18.1. The van der Waals surface area contributed by atoms with E-state index in [0.29, 0.717) is 12.1 Å². The van der Waals surface area contributed by atoms with Crippen molar-refractivity contribution in [2.75, 3.05) is 13.2 Å². The molecule has 1 aliphatic carbocycles. The SMILES string of the molecule is O=C(NCC(O)COc1cccc(C(F)(F)F)c1)c1nn(-c2ccc(F)cc2)c2c1CCCC2. The monoisotopic (exact) mass is 477 g/mol. The van der Waals surface area contributed by atoms with Gasteiger partial charge in [0.25, 0.3) is 5.91 Å². The Kier molecular flexibility index (Phi) is 6.87. The second-order valence-corrected chi connectivity index (χ2v) is 8.07. The predicted molar refractivity (Wildman–Crippen MR) is 115 cm³/mol. The first-order valence-corrected chi connectivity index (χ1v) is 10.9. The number of fused-ring (bicyclic) bond motifs is 1. The summed E-state index contributed by atoms with van der Waals surface area (Å²) in [4.78, 5) is 12.8. The number of nitrogens with one attached hydrogen (secondary N) is 1. The highest BCUT2D eigenvalue weighted by Crippen LogP contribution is 2.31. The number of aliphatic hydroxyl groups is 1. The molecule has 0 saturated heterocycles. The Morgan fingerprint density at radius 3 is 2.62 bits per heavy atom. The largest absolute Gasteiger partial charge is 0.491 e. The van der Waals surface area contributed by atoms with Gasteiger partial charge < -0.3 is 15.2 Å². The van der Waals surface area contributed by atoms with Crippen LogP contribution in [0.4, 0.5) is 17.6 Å². The second kappa shape index (κ2) is 9.84. The highest BCUT2D eigenvalue weighted by molar-refractivity contribution is 5.94. The minimum absolute atomic E-state index is 0.0349. The number of aliphatic hydroxyl groups excluding tert-OH is 1. The predicted octanol–water partition coefficient (Wildman–Crippen LogP) is 4.08. The van der Waals surface area contributed by atoms with Crippen LogP contribution in [0.5, 0.6) is 5.75 Å². The fraction of sp³-hybridized carbons (Fsp3) is 0.333. The smallest absolute Gasteiger partial charge is 0.416 e. The van der Waals surface area contributed by atoms with E-state index in [2.05, 4.69) is 10.4 Å². The van der Waals surface area contributed by atoms with E-state index in [-0.39, 0.29) is 30.4 Å². The topological polar surface area (TPSA) is 76.4 Å². The minimum Gasteiger partial charge on any atom is -0.491 e. The number of carbonyl (C=O) groups is 1. The Hall–Kier alpha value is -3.40. The van der Waals surface area contributed by atoms with Crippen molar-refractivity contribution in [3.8, 4) is 11.4 Å². The molecule has 3 aromatic rings. The zero-order chi connectivity index (χ0) is 24.3. The standard InChI is InChI=1S/C24H23F4N3O3/c25-16-8-10-17(11-9-16)31-21-7-2-1-6-20(21)22(30-31)23(33)29-13-18(32)14-34-19-5-3-4-15(12-19)24(26,27)28/h3-5,8-12,18,32H,1-2,6-7,13-14H2,(H,29,33).